The quantitative estimate of drug-likeness (QED) is 0.602. The van der Waals surface area contributed by atoms with Gasteiger partial charge in [0, 0.05) is 25.3 Å². The van der Waals surface area contributed by atoms with E-state index in [4.69, 9.17) is 4.74 Å². The summed E-state index contributed by atoms with van der Waals surface area (Å²) in [6.07, 6.45) is 5.43. The molecule has 2 amide bonds. The minimum absolute atomic E-state index is 0.0370. The van der Waals surface area contributed by atoms with Crippen LogP contribution in [0.5, 0.6) is 0 Å². The largest absolute Gasteiger partial charge is 0.381 e. The second-order valence-corrected chi connectivity index (χ2v) is 3.70. The van der Waals surface area contributed by atoms with E-state index in [1.54, 1.807) is 7.11 Å². The Morgan fingerprint density at radius 2 is 1.93 bits per heavy atom. The molecule has 0 N–H and O–H groups in total. The number of amides is 2. The summed E-state index contributed by atoms with van der Waals surface area (Å²) in [6.45, 7) is 0. The third kappa shape index (κ3) is 1.46. The van der Waals surface area contributed by atoms with Crippen molar-refractivity contribution in [2.24, 2.45) is 0 Å². The highest BCUT2D eigenvalue weighted by atomic mass is 16.5. The lowest BCUT2D eigenvalue weighted by Gasteiger charge is -2.21. The van der Waals surface area contributed by atoms with Crippen LogP contribution in [0, 0.1) is 0 Å². The monoisotopic (exact) mass is 195 g/mol. The number of ether oxygens (including phenoxy) is 1. The number of carbonyl (C=O) groups is 2. The van der Waals surface area contributed by atoms with Crippen LogP contribution in [0.4, 0.5) is 0 Å². The van der Waals surface area contributed by atoms with Gasteiger partial charge in [0.25, 0.3) is 11.8 Å². The Hall–Kier alpha value is -1.16. The molecule has 4 heteroatoms. The number of imide groups is 1. The van der Waals surface area contributed by atoms with Crippen molar-refractivity contribution in [3.8, 4) is 0 Å². The van der Waals surface area contributed by atoms with E-state index in [0.29, 0.717) is 0 Å². The van der Waals surface area contributed by atoms with Gasteiger partial charge in [-0.1, -0.05) is 0 Å². The molecule has 76 valence electrons. The number of nitrogens with zero attached hydrogens (tertiary/aromatic N) is 1. The van der Waals surface area contributed by atoms with Crippen molar-refractivity contribution in [1.82, 2.24) is 4.90 Å². The fraction of sp³-hybridized carbons (Fsp3) is 0.600. The fourth-order valence-electron chi connectivity index (χ4n) is 2.14. The molecule has 1 heterocycles. The van der Waals surface area contributed by atoms with Crippen molar-refractivity contribution >= 4 is 11.8 Å². The summed E-state index contributed by atoms with van der Waals surface area (Å²) in [5.41, 5.74) is 0. The summed E-state index contributed by atoms with van der Waals surface area (Å²) in [7, 11) is 1.67. The molecule has 0 saturated heterocycles. The zero-order valence-corrected chi connectivity index (χ0v) is 8.10. The minimum atomic E-state index is -0.184. The Bertz CT molecular complexity index is 280. The number of hydrogen-bond acceptors (Lipinski definition) is 3. The van der Waals surface area contributed by atoms with Crippen molar-refractivity contribution in [3.63, 3.8) is 0 Å². The zero-order valence-electron chi connectivity index (χ0n) is 8.10. The van der Waals surface area contributed by atoms with Gasteiger partial charge < -0.3 is 4.74 Å². The van der Waals surface area contributed by atoms with Crippen molar-refractivity contribution < 1.29 is 14.3 Å². The molecule has 1 aliphatic carbocycles. The van der Waals surface area contributed by atoms with Crippen LogP contribution in [0.1, 0.15) is 19.3 Å². The molecule has 0 spiro atoms. The predicted molar refractivity (Wildman–Crippen MR) is 49.4 cm³/mol. The van der Waals surface area contributed by atoms with Gasteiger partial charge in [0.05, 0.1) is 6.10 Å². The van der Waals surface area contributed by atoms with Crippen molar-refractivity contribution in [3.05, 3.63) is 12.2 Å². The molecule has 4 nitrogen and oxygen atoms in total. The van der Waals surface area contributed by atoms with Gasteiger partial charge in [-0.15, -0.1) is 0 Å². The van der Waals surface area contributed by atoms with Gasteiger partial charge in [-0.05, 0) is 19.3 Å². The maximum Gasteiger partial charge on any atom is 0.253 e. The van der Waals surface area contributed by atoms with Crippen molar-refractivity contribution in [2.75, 3.05) is 7.11 Å². The van der Waals surface area contributed by atoms with Crippen molar-refractivity contribution in [1.29, 1.82) is 0 Å². The van der Waals surface area contributed by atoms with E-state index in [1.165, 1.54) is 17.1 Å². The van der Waals surface area contributed by atoms with E-state index in [9.17, 15) is 9.59 Å². The molecule has 1 fully saturated rings. The highest BCUT2D eigenvalue weighted by Gasteiger charge is 2.36. The second kappa shape index (κ2) is 3.53. The number of rotatable bonds is 2. The van der Waals surface area contributed by atoms with E-state index in [0.717, 1.165) is 19.3 Å². The highest BCUT2D eigenvalue weighted by molar-refractivity contribution is 6.13. The average molecular weight is 195 g/mol. The smallest absolute Gasteiger partial charge is 0.253 e. The Kier molecular flexibility index (Phi) is 2.37. The van der Waals surface area contributed by atoms with Crippen LogP contribution >= 0.6 is 0 Å². The molecule has 0 radical (unpaired) electrons. The van der Waals surface area contributed by atoms with Crippen molar-refractivity contribution in [2.45, 2.75) is 31.4 Å². The topological polar surface area (TPSA) is 46.6 Å². The molecule has 0 aromatic carbocycles. The maximum absolute atomic E-state index is 11.3. The summed E-state index contributed by atoms with van der Waals surface area (Å²) in [6, 6.07) is 0.0370. The Morgan fingerprint density at radius 1 is 1.29 bits per heavy atom. The van der Waals surface area contributed by atoms with E-state index in [2.05, 4.69) is 0 Å². The lowest BCUT2D eigenvalue weighted by atomic mass is 10.2. The summed E-state index contributed by atoms with van der Waals surface area (Å²) < 4.78 is 5.20. The van der Waals surface area contributed by atoms with Gasteiger partial charge >= 0.3 is 0 Å². The van der Waals surface area contributed by atoms with Crippen LogP contribution in [-0.2, 0) is 14.3 Å². The standard InChI is InChI=1S/C10H13NO3/c1-14-8-3-2-7(6-8)11-9(12)4-5-10(11)13/h4-5,7-8H,2-3,6H2,1H3. The van der Waals surface area contributed by atoms with Crippen LogP contribution in [0.25, 0.3) is 0 Å². The molecule has 1 aliphatic heterocycles. The highest BCUT2D eigenvalue weighted by Crippen LogP contribution is 2.27. The van der Waals surface area contributed by atoms with Crippen LogP contribution in [0.3, 0.4) is 0 Å². The van der Waals surface area contributed by atoms with Crippen LogP contribution in [0.2, 0.25) is 0 Å². The molecule has 2 rings (SSSR count). The lowest BCUT2D eigenvalue weighted by molar-refractivity contribution is -0.139. The summed E-state index contributed by atoms with van der Waals surface area (Å²) in [4.78, 5) is 24.0. The molecule has 2 atom stereocenters. The number of carbonyl (C=O) groups excluding carboxylic acids is 2. The molecule has 0 aromatic heterocycles. The zero-order chi connectivity index (χ0) is 10.1. The first-order chi connectivity index (χ1) is 6.72. The third-order valence-electron chi connectivity index (χ3n) is 2.90. The number of methoxy groups -OCH3 is 1. The first kappa shape index (κ1) is 9.40. The predicted octanol–water partition coefficient (Wildman–Crippen LogP) is 0.479. The minimum Gasteiger partial charge on any atom is -0.381 e. The summed E-state index contributed by atoms with van der Waals surface area (Å²) in [5.74, 6) is -0.367. The normalized spacial score (nSPS) is 31.9. The van der Waals surface area contributed by atoms with E-state index >= 15 is 0 Å². The molecule has 2 unspecified atom stereocenters. The number of hydrogen-bond donors (Lipinski definition) is 0. The van der Waals surface area contributed by atoms with Gasteiger partial charge in [-0.25, -0.2) is 0 Å². The molecule has 1 saturated carbocycles. The maximum atomic E-state index is 11.3. The molecule has 0 aromatic rings. The Labute approximate surface area is 82.5 Å². The second-order valence-electron chi connectivity index (χ2n) is 3.70. The first-order valence-electron chi connectivity index (χ1n) is 4.80. The molecular weight excluding hydrogens is 182 g/mol. The van der Waals surface area contributed by atoms with E-state index in [1.807, 2.05) is 0 Å². The first-order valence-corrected chi connectivity index (χ1v) is 4.80. The summed E-state index contributed by atoms with van der Waals surface area (Å²) >= 11 is 0. The Balaban J connectivity index is 2.03. The SMILES string of the molecule is COC1CCC(N2C(=O)C=CC2=O)C1. The van der Waals surface area contributed by atoms with Crippen LogP contribution in [-0.4, -0.2) is 36.0 Å². The van der Waals surface area contributed by atoms with Crippen LogP contribution in [0.15, 0.2) is 12.2 Å². The fourth-order valence-corrected chi connectivity index (χ4v) is 2.14. The average Bonchev–Trinajstić information content (AvgIpc) is 2.73. The van der Waals surface area contributed by atoms with E-state index in [-0.39, 0.29) is 24.0 Å². The Morgan fingerprint density at radius 3 is 2.43 bits per heavy atom. The van der Waals surface area contributed by atoms with E-state index < -0.39 is 0 Å². The van der Waals surface area contributed by atoms with Gasteiger partial charge in [0.2, 0.25) is 0 Å². The van der Waals surface area contributed by atoms with Gasteiger partial charge in [0.1, 0.15) is 0 Å². The van der Waals surface area contributed by atoms with Gasteiger partial charge in [-0.3, -0.25) is 14.5 Å². The van der Waals surface area contributed by atoms with Gasteiger partial charge in [0.15, 0.2) is 0 Å². The molecule has 2 aliphatic rings. The lowest BCUT2D eigenvalue weighted by Crippen LogP contribution is -2.38. The molecule has 14 heavy (non-hydrogen) atoms. The van der Waals surface area contributed by atoms with Gasteiger partial charge in [-0.2, -0.15) is 0 Å². The molecular formula is C10H13NO3. The third-order valence-corrected chi connectivity index (χ3v) is 2.90. The summed E-state index contributed by atoms with van der Waals surface area (Å²) in [5, 5.41) is 0. The molecule has 0 bridgehead atoms. The van der Waals surface area contributed by atoms with Crippen LogP contribution < -0.4 is 0 Å².